The van der Waals surface area contributed by atoms with Crippen LogP contribution in [-0.4, -0.2) is 34.8 Å². The number of nitrogens with zero attached hydrogens (tertiary/aromatic N) is 3. The Hall–Kier alpha value is -2.83. The van der Waals surface area contributed by atoms with Crippen molar-refractivity contribution >= 4 is 17.4 Å². The monoisotopic (exact) mass is 380 g/mol. The zero-order valence-corrected chi connectivity index (χ0v) is 15.8. The van der Waals surface area contributed by atoms with E-state index in [1.165, 1.54) is 0 Å². The van der Waals surface area contributed by atoms with Crippen LogP contribution in [0.3, 0.4) is 0 Å². The van der Waals surface area contributed by atoms with E-state index in [0.29, 0.717) is 6.54 Å². The Morgan fingerprint density at radius 1 is 1.14 bits per heavy atom. The van der Waals surface area contributed by atoms with Crippen LogP contribution in [-0.2, 0) is 4.79 Å². The first-order valence-corrected chi connectivity index (χ1v) is 10.0. The Balaban J connectivity index is 1.25. The number of hydrogen-bond acceptors (Lipinski definition) is 6. The fourth-order valence-electron chi connectivity index (χ4n) is 4.39. The van der Waals surface area contributed by atoms with Crippen LogP contribution in [0.2, 0.25) is 0 Å². The third-order valence-electron chi connectivity index (χ3n) is 5.83. The zero-order chi connectivity index (χ0) is 19.0. The van der Waals surface area contributed by atoms with Crippen molar-refractivity contribution in [2.24, 2.45) is 5.92 Å². The minimum absolute atomic E-state index is 0.0306. The number of hydrogen-bond donors (Lipinski definition) is 1. The van der Waals surface area contributed by atoms with E-state index in [1.807, 2.05) is 18.2 Å². The molecule has 0 radical (unpaired) electrons. The van der Waals surface area contributed by atoms with Gasteiger partial charge in [-0.05, 0) is 37.8 Å². The lowest BCUT2D eigenvalue weighted by molar-refractivity contribution is -0.120. The first-order valence-electron chi connectivity index (χ1n) is 10.0. The van der Waals surface area contributed by atoms with Gasteiger partial charge in [-0.15, -0.1) is 0 Å². The summed E-state index contributed by atoms with van der Waals surface area (Å²) in [4.78, 5) is 23.5. The second-order valence-electron chi connectivity index (χ2n) is 7.82. The van der Waals surface area contributed by atoms with Gasteiger partial charge in [0.25, 0.3) is 5.79 Å². The number of piperidine rings is 1. The summed E-state index contributed by atoms with van der Waals surface area (Å²) in [6, 6.07) is 5.66. The molecule has 1 aromatic heterocycles. The third-order valence-corrected chi connectivity index (χ3v) is 5.83. The number of rotatable bonds is 3. The lowest BCUT2D eigenvalue weighted by Crippen LogP contribution is -2.41. The molecule has 1 N–H and O–H groups in total. The molecule has 1 saturated carbocycles. The number of anilines is 2. The fraction of sp³-hybridized carbons (Fsp3) is 0.476. The second kappa shape index (κ2) is 6.96. The summed E-state index contributed by atoms with van der Waals surface area (Å²) in [5.74, 6) is 1.79. The predicted octanol–water partition coefficient (Wildman–Crippen LogP) is 3.37. The molecule has 7 heteroatoms. The largest absolute Gasteiger partial charge is 0.448 e. The summed E-state index contributed by atoms with van der Waals surface area (Å²) in [6.07, 6.45) is 11.0. The Kier molecular flexibility index (Phi) is 4.30. The summed E-state index contributed by atoms with van der Waals surface area (Å²) in [7, 11) is 0. The van der Waals surface area contributed by atoms with Crippen LogP contribution in [0.1, 0.15) is 38.5 Å². The van der Waals surface area contributed by atoms with Gasteiger partial charge in [0.05, 0.1) is 12.1 Å². The quantitative estimate of drug-likeness (QED) is 0.880. The van der Waals surface area contributed by atoms with Gasteiger partial charge < -0.3 is 19.7 Å². The van der Waals surface area contributed by atoms with E-state index in [2.05, 4.69) is 20.2 Å². The topological polar surface area (TPSA) is 76.6 Å². The van der Waals surface area contributed by atoms with Gasteiger partial charge in [0.2, 0.25) is 5.91 Å². The molecule has 0 unspecified atom stereocenters. The molecule has 2 aliphatic heterocycles. The molecule has 3 aliphatic rings. The molecule has 2 aromatic rings. The molecule has 3 heterocycles. The van der Waals surface area contributed by atoms with Gasteiger partial charge in [-0.3, -0.25) is 9.78 Å². The first-order chi connectivity index (χ1) is 13.7. The van der Waals surface area contributed by atoms with Crippen molar-refractivity contribution in [3.63, 3.8) is 0 Å². The highest BCUT2D eigenvalue weighted by atomic mass is 16.7. The maximum atomic E-state index is 12.8. The van der Waals surface area contributed by atoms with Gasteiger partial charge in [0, 0.05) is 50.1 Å². The molecular weight excluding hydrogens is 356 g/mol. The van der Waals surface area contributed by atoms with Gasteiger partial charge in [-0.2, -0.15) is 0 Å². The zero-order valence-electron chi connectivity index (χ0n) is 15.8. The SMILES string of the molecule is O=C(Nc1ccc2c(c1)OC1(CCCC1)O2)[C@@H]1CCCN(c2cnccn2)C1. The van der Waals surface area contributed by atoms with Gasteiger partial charge in [-0.1, -0.05) is 0 Å². The van der Waals surface area contributed by atoms with E-state index in [-0.39, 0.29) is 11.8 Å². The van der Waals surface area contributed by atoms with Gasteiger partial charge >= 0.3 is 0 Å². The molecule has 1 atom stereocenters. The minimum atomic E-state index is -0.481. The summed E-state index contributed by atoms with van der Waals surface area (Å²) in [5, 5.41) is 3.06. The molecule has 146 valence electrons. The van der Waals surface area contributed by atoms with Gasteiger partial charge in [0.15, 0.2) is 11.5 Å². The van der Waals surface area contributed by atoms with E-state index < -0.39 is 5.79 Å². The number of nitrogens with one attached hydrogen (secondary N) is 1. The van der Waals surface area contributed by atoms with Gasteiger partial charge in [0.1, 0.15) is 5.82 Å². The Morgan fingerprint density at radius 3 is 2.82 bits per heavy atom. The van der Waals surface area contributed by atoms with Crippen molar-refractivity contribution in [1.29, 1.82) is 0 Å². The third kappa shape index (κ3) is 3.25. The van der Waals surface area contributed by atoms with Crippen LogP contribution in [0.5, 0.6) is 11.5 Å². The Morgan fingerprint density at radius 2 is 2.00 bits per heavy atom. The smallest absolute Gasteiger partial charge is 0.251 e. The van der Waals surface area contributed by atoms with Crippen LogP contribution >= 0.6 is 0 Å². The number of benzene rings is 1. The first kappa shape index (κ1) is 17.3. The van der Waals surface area contributed by atoms with Crippen LogP contribution < -0.4 is 19.7 Å². The standard InChI is InChI=1S/C21H24N4O3/c26-20(15-4-3-11-25(14-15)19-13-22-9-10-23-19)24-16-5-6-17-18(12-16)28-21(27-17)7-1-2-8-21/h5-6,9-10,12-13,15H,1-4,7-8,11,14H2,(H,24,26)/t15-/m1/s1. The maximum Gasteiger partial charge on any atom is 0.251 e. The predicted molar refractivity (Wildman–Crippen MR) is 104 cm³/mol. The van der Waals surface area contributed by atoms with Crippen LogP contribution in [0, 0.1) is 5.92 Å². The van der Waals surface area contributed by atoms with Crippen molar-refractivity contribution < 1.29 is 14.3 Å². The van der Waals surface area contributed by atoms with Crippen LogP contribution in [0.25, 0.3) is 0 Å². The van der Waals surface area contributed by atoms with E-state index >= 15 is 0 Å². The number of amides is 1. The number of aromatic nitrogens is 2. The van der Waals surface area contributed by atoms with Crippen molar-refractivity contribution in [1.82, 2.24) is 9.97 Å². The number of ether oxygens (including phenoxy) is 2. The van der Waals surface area contributed by atoms with E-state index in [4.69, 9.17) is 9.47 Å². The highest BCUT2D eigenvalue weighted by molar-refractivity contribution is 5.93. The van der Waals surface area contributed by atoms with E-state index in [1.54, 1.807) is 18.6 Å². The highest BCUT2D eigenvalue weighted by Gasteiger charge is 2.44. The van der Waals surface area contributed by atoms with Crippen LogP contribution in [0.4, 0.5) is 11.5 Å². The average molecular weight is 380 g/mol. The molecule has 1 spiro atoms. The summed E-state index contributed by atoms with van der Waals surface area (Å²) in [6.45, 7) is 1.55. The lowest BCUT2D eigenvalue weighted by Gasteiger charge is -2.32. The number of carbonyl (C=O) groups is 1. The van der Waals surface area contributed by atoms with E-state index in [0.717, 1.165) is 68.1 Å². The van der Waals surface area contributed by atoms with Crippen molar-refractivity contribution in [2.45, 2.75) is 44.3 Å². The molecule has 28 heavy (non-hydrogen) atoms. The summed E-state index contributed by atoms with van der Waals surface area (Å²) in [5.41, 5.74) is 0.749. The average Bonchev–Trinajstić information content (AvgIpc) is 3.34. The Bertz CT molecular complexity index is 867. The number of fused-ring (bicyclic) bond motifs is 1. The Labute approximate surface area is 164 Å². The second-order valence-corrected chi connectivity index (χ2v) is 7.82. The molecule has 1 aliphatic carbocycles. The molecule has 5 rings (SSSR count). The minimum Gasteiger partial charge on any atom is -0.448 e. The molecular formula is C21H24N4O3. The molecule has 1 amide bonds. The molecule has 1 saturated heterocycles. The highest BCUT2D eigenvalue weighted by Crippen LogP contribution is 2.47. The molecule has 0 bridgehead atoms. The normalized spacial score (nSPS) is 22.4. The molecule has 2 fully saturated rings. The molecule has 7 nitrogen and oxygen atoms in total. The maximum absolute atomic E-state index is 12.8. The molecule has 1 aromatic carbocycles. The summed E-state index contributed by atoms with van der Waals surface area (Å²) < 4.78 is 12.1. The van der Waals surface area contributed by atoms with Gasteiger partial charge in [-0.25, -0.2) is 4.98 Å². The van der Waals surface area contributed by atoms with Crippen molar-refractivity contribution in [2.75, 3.05) is 23.3 Å². The number of carbonyl (C=O) groups excluding carboxylic acids is 1. The summed E-state index contributed by atoms with van der Waals surface area (Å²) >= 11 is 0. The van der Waals surface area contributed by atoms with Crippen molar-refractivity contribution in [3.8, 4) is 11.5 Å². The lowest BCUT2D eigenvalue weighted by atomic mass is 9.97. The van der Waals surface area contributed by atoms with Crippen LogP contribution in [0.15, 0.2) is 36.8 Å². The van der Waals surface area contributed by atoms with Crippen molar-refractivity contribution in [3.05, 3.63) is 36.8 Å². The van der Waals surface area contributed by atoms with E-state index in [9.17, 15) is 4.79 Å². The fourth-order valence-corrected chi connectivity index (χ4v) is 4.39.